The first-order valence-electron chi connectivity index (χ1n) is 6.81. The first-order chi connectivity index (χ1) is 10.3. The van der Waals surface area contributed by atoms with E-state index in [0.717, 1.165) is 28.0 Å². The van der Waals surface area contributed by atoms with Crippen LogP contribution in [0.3, 0.4) is 0 Å². The van der Waals surface area contributed by atoms with E-state index in [1.807, 2.05) is 24.5 Å². The van der Waals surface area contributed by atoms with Crippen molar-refractivity contribution in [1.29, 1.82) is 0 Å². The van der Waals surface area contributed by atoms with E-state index in [9.17, 15) is 0 Å². The smallest absolute Gasteiger partial charge is 0.140 e. The molecule has 0 bridgehead atoms. The molecular weight excluding hydrogens is 326 g/mol. The van der Waals surface area contributed by atoms with Crippen LogP contribution < -0.4 is 5.73 Å². The molecule has 0 saturated heterocycles. The molecule has 0 radical (unpaired) electrons. The van der Waals surface area contributed by atoms with E-state index in [1.54, 1.807) is 0 Å². The third kappa shape index (κ3) is 3.23. The number of hydrogen-bond acceptors (Lipinski definition) is 2. The molecule has 106 valence electrons. The average Bonchev–Trinajstić information content (AvgIpc) is 2.96. The minimum Gasteiger partial charge on any atom is -0.327 e. The van der Waals surface area contributed by atoms with Gasteiger partial charge in [0.25, 0.3) is 0 Å². The van der Waals surface area contributed by atoms with Gasteiger partial charge in [0.2, 0.25) is 0 Å². The Kier molecular flexibility index (Phi) is 4.18. The summed E-state index contributed by atoms with van der Waals surface area (Å²) in [4.78, 5) is 4.48. The molecule has 0 aliphatic carbocycles. The summed E-state index contributed by atoms with van der Waals surface area (Å²) in [6.45, 7) is 1.38. The van der Waals surface area contributed by atoms with Gasteiger partial charge in [-0.1, -0.05) is 52.3 Å². The normalized spacial score (nSPS) is 10.8. The summed E-state index contributed by atoms with van der Waals surface area (Å²) in [5, 5.41) is 0. The van der Waals surface area contributed by atoms with Gasteiger partial charge in [0.15, 0.2) is 0 Å². The number of halogens is 1. The van der Waals surface area contributed by atoms with Crippen LogP contribution in [0.2, 0.25) is 0 Å². The molecule has 0 amide bonds. The predicted molar refractivity (Wildman–Crippen MR) is 88.8 cm³/mol. The zero-order valence-corrected chi connectivity index (χ0v) is 13.1. The molecule has 0 saturated carbocycles. The van der Waals surface area contributed by atoms with Gasteiger partial charge in [0.1, 0.15) is 5.82 Å². The number of nitrogens with two attached hydrogens (primary N) is 1. The first kappa shape index (κ1) is 14.0. The quantitative estimate of drug-likeness (QED) is 0.783. The van der Waals surface area contributed by atoms with Crippen LogP contribution >= 0.6 is 15.9 Å². The van der Waals surface area contributed by atoms with Crippen LogP contribution in [0.5, 0.6) is 0 Å². The van der Waals surface area contributed by atoms with Gasteiger partial charge in [-0.25, -0.2) is 4.98 Å². The van der Waals surface area contributed by atoms with Crippen molar-refractivity contribution in [1.82, 2.24) is 9.55 Å². The maximum absolute atomic E-state index is 5.63. The third-order valence-electron chi connectivity index (χ3n) is 3.41. The van der Waals surface area contributed by atoms with E-state index in [1.165, 1.54) is 5.56 Å². The fraction of sp³-hybridized carbons (Fsp3) is 0.118. The molecule has 0 unspecified atom stereocenters. The van der Waals surface area contributed by atoms with Crippen molar-refractivity contribution in [2.45, 2.75) is 13.1 Å². The van der Waals surface area contributed by atoms with Crippen molar-refractivity contribution >= 4 is 15.9 Å². The van der Waals surface area contributed by atoms with Crippen LogP contribution in [0, 0.1) is 0 Å². The number of hydrogen-bond donors (Lipinski definition) is 1. The summed E-state index contributed by atoms with van der Waals surface area (Å²) in [5.41, 5.74) is 9.12. The minimum absolute atomic E-state index is 0.578. The van der Waals surface area contributed by atoms with Crippen molar-refractivity contribution in [3.63, 3.8) is 0 Å². The van der Waals surface area contributed by atoms with Gasteiger partial charge in [-0.05, 0) is 23.3 Å². The molecule has 3 aromatic rings. The molecular formula is C17H16BrN3. The Morgan fingerprint density at radius 2 is 1.81 bits per heavy atom. The molecule has 0 atom stereocenters. The number of imidazole rings is 1. The van der Waals surface area contributed by atoms with Crippen LogP contribution in [0.25, 0.3) is 11.4 Å². The molecule has 0 spiro atoms. The number of aromatic nitrogens is 2. The fourth-order valence-electron chi connectivity index (χ4n) is 2.30. The van der Waals surface area contributed by atoms with Gasteiger partial charge in [-0.3, -0.25) is 0 Å². The lowest BCUT2D eigenvalue weighted by Crippen LogP contribution is -2.02. The summed E-state index contributed by atoms with van der Waals surface area (Å²) in [6, 6.07) is 16.6. The van der Waals surface area contributed by atoms with E-state index in [0.29, 0.717) is 6.54 Å². The second kappa shape index (κ2) is 6.24. The predicted octanol–water partition coefficient (Wildman–Crippen LogP) is 3.82. The summed E-state index contributed by atoms with van der Waals surface area (Å²) in [7, 11) is 0. The SMILES string of the molecule is NCc1ccc(Cn2ccnc2-c2cccc(Br)c2)cc1. The second-order valence-electron chi connectivity index (χ2n) is 4.91. The highest BCUT2D eigenvalue weighted by atomic mass is 79.9. The van der Waals surface area contributed by atoms with Gasteiger partial charge < -0.3 is 10.3 Å². The van der Waals surface area contributed by atoms with Gasteiger partial charge >= 0.3 is 0 Å². The second-order valence-corrected chi connectivity index (χ2v) is 5.83. The van der Waals surface area contributed by atoms with Crippen LogP contribution in [-0.2, 0) is 13.1 Å². The fourth-order valence-corrected chi connectivity index (χ4v) is 2.70. The molecule has 1 heterocycles. The van der Waals surface area contributed by atoms with Gasteiger partial charge in [0, 0.05) is 35.5 Å². The molecule has 0 aliphatic heterocycles. The highest BCUT2D eigenvalue weighted by Crippen LogP contribution is 2.22. The monoisotopic (exact) mass is 341 g/mol. The Labute approximate surface area is 132 Å². The lowest BCUT2D eigenvalue weighted by atomic mass is 10.1. The Morgan fingerprint density at radius 1 is 1.05 bits per heavy atom. The van der Waals surface area contributed by atoms with E-state index >= 15 is 0 Å². The van der Waals surface area contributed by atoms with Gasteiger partial charge in [-0.15, -0.1) is 0 Å². The highest BCUT2D eigenvalue weighted by molar-refractivity contribution is 9.10. The first-order valence-corrected chi connectivity index (χ1v) is 7.60. The Morgan fingerprint density at radius 3 is 2.52 bits per heavy atom. The van der Waals surface area contributed by atoms with E-state index in [-0.39, 0.29) is 0 Å². The van der Waals surface area contributed by atoms with Crippen molar-refractivity contribution in [3.05, 3.63) is 76.5 Å². The Hall–Kier alpha value is -1.91. The molecule has 3 nitrogen and oxygen atoms in total. The average molecular weight is 342 g/mol. The van der Waals surface area contributed by atoms with E-state index in [4.69, 9.17) is 5.73 Å². The molecule has 21 heavy (non-hydrogen) atoms. The van der Waals surface area contributed by atoms with Crippen molar-refractivity contribution in [3.8, 4) is 11.4 Å². The summed E-state index contributed by atoms with van der Waals surface area (Å²) >= 11 is 3.51. The van der Waals surface area contributed by atoms with Crippen molar-refractivity contribution < 1.29 is 0 Å². The topological polar surface area (TPSA) is 43.8 Å². The highest BCUT2D eigenvalue weighted by Gasteiger charge is 2.06. The summed E-state index contributed by atoms with van der Waals surface area (Å²) < 4.78 is 3.21. The van der Waals surface area contributed by atoms with Crippen LogP contribution in [-0.4, -0.2) is 9.55 Å². The largest absolute Gasteiger partial charge is 0.327 e. The molecule has 3 rings (SSSR count). The van der Waals surface area contributed by atoms with E-state index < -0.39 is 0 Å². The third-order valence-corrected chi connectivity index (χ3v) is 3.90. The molecule has 0 fully saturated rings. The molecule has 2 aromatic carbocycles. The summed E-state index contributed by atoms with van der Waals surface area (Å²) in [6.07, 6.45) is 3.84. The zero-order valence-electron chi connectivity index (χ0n) is 11.5. The summed E-state index contributed by atoms with van der Waals surface area (Å²) in [5.74, 6) is 0.971. The molecule has 4 heteroatoms. The Balaban J connectivity index is 1.88. The standard InChI is InChI=1S/C17H16BrN3/c18-16-3-1-2-15(10-16)17-20-8-9-21(17)12-14-6-4-13(11-19)5-7-14/h1-10H,11-12,19H2. The van der Waals surface area contributed by atoms with E-state index in [2.05, 4.69) is 61.9 Å². The Bertz CT molecular complexity index is 732. The number of benzene rings is 2. The molecule has 0 aliphatic rings. The van der Waals surface area contributed by atoms with Crippen LogP contribution in [0.1, 0.15) is 11.1 Å². The van der Waals surface area contributed by atoms with Crippen LogP contribution in [0.4, 0.5) is 0 Å². The number of rotatable bonds is 4. The van der Waals surface area contributed by atoms with Gasteiger partial charge in [-0.2, -0.15) is 0 Å². The van der Waals surface area contributed by atoms with Gasteiger partial charge in [0.05, 0.1) is 0 Å². The maximum atomic E-state index is 5.63. The maximum Gasteiger partial charge on any atom is 0.140 e. The number of nitrogens with zero attached hydrogens (tertiary/aromatic N) is 2. The van der Waals surface area contributed by atoms with Crippen molar-refractivity contribution in [2.24, 2.45) is 5.73 Å². The van der Waals surface area contributed by atoms with Crippen LogP contribution in [0.15, 0.2) is 65.4 Å². The van der Waals surface area contributed by atoms with Crippen molar-refractivity contribution in [2.75, 3.05) is 0 Å². The molecule has 2 N–H and O–H groups in total. The minimum atomic E-state index is 0.578. The lowest BCUT2D eigenvalue weighted by molar-refractivity contribution is 0.806. The molecule has 1 aromatic heterocycles. The lowest BCUT2D eigenvalue weighted by Gasteiger charge is -2.09. The zero-order chi connectivity index (χ0) is 14.7.